The molecule has 154 valence electrons. The molecule has 0 fully saturated rings. The zero-order chi connectivity index (χ0) is 21.1. The van der Waals surface area contributed by atoms with Crippen LogP contribution >= 0.6 is 0 Å². The van der Waals surface area contributed by atoms with Crippen LogP contribution in [0.3, 0.4) is 0 Å². The summed E-state index contributed by atoms with van der Waals surface area (Å²) < 4.78 is 61.1. The van der Waals surface area contributed by atoms with E-state index in [2.05, 4.69) is 10.1 Å². The molecule has 2 aromatic rings. The Kier molecular flexibility index (Phi) is 6.60. The van der Waals surface area contributed by atoms with Gasteiger partial charge in [-0.25, -0.2) is 4.68 Å². The summed E-state index contributed by atoms with van der Waals surface area (Å²) in [5.74, 6) is -1.75. The summed E-state index contributed by atoms with van der Waals surface area (Å²) in [6, 6.07) is 3.49. The Morgan fingerprint density at radius 1 is 1.43 bits per heavy atom. The number of rotatable bonds is 7. The summed E-state index contributed by atoms with van der Waals surface area (Å²) in [4.78, 5) is 18.0. The minimum absolute atomic E-state index is 0.164. The molecule has 2 unspecified atom stereocenters. The standard InChI is InChI=1S/C17H21F3N4O3S/c1-4-23(16(25)13(3)28(26,27)9-7-17(18,19)20)15-11-24(22-12(15)2)14-6-5-8-21-10-14/h5-6,8,10-11,13H,4,7,9H2,1-3H3/p+1. The molecule has 2 rings (SSSR count). The first-order chi connectivity index (χ1) is 13.0. The number of nitrogens with zero attached hydrogens (tertiary/aromatic N) is 4. The van der Waals surface area contributed by atoms with Crippen LogP contribution in [0.15, 0.2) is 30.7 Å². The highest BCUT2D eigenvalue weighted by Crippen LogP contribution is 2.26. The molecule has 0 bridgehead atoms. The third-order valence-electron chi connectivity index (χ3n) is 4.23. The van der Waals surface area contributed by atoms with Gasteiger partial charge in [0.05, 0.1) is 35.9 Å². The summed E-state index contributed by atoms with van der Waals surface area (Å²) in [6.45, 7) is 4.67. The van der Waals surface area contributed by atoms with Gasteiger partial charge in [0.15, 0.2) is 5.75 Å². The molecular weight excluding hydrogens is 397 g/mol. The Bertz CT molecular complexity index is 870. The Hall–Kier alpha value is -2.27. The minimum Gasteiger partial charge on any atom is -0.305 e. The van der Waals surface area contributed by atoms with Crippen molar-refractivity contribution in [2.45, 2.75) is 38.6 Å². The Labute approximate surface area is 161 Å². The predicted octanol–water partition coefficient (Wildman–Crippen LogP) is 3.24. The molecule has 0 saturated carbocycles. The van der Waals surface area contributed by atoms with Gasteiger partial charge in [-0.2, -0.15) is 22.8 Å². The SMILES string of the molecule is CCN(C(=O)C(C)[S+](=O)(O)CCC(F)(F)F)c1cn(-c2cccnc2)nc1C. The first-order valence-electron chi connectivity index (χ1n) is 8.54. The summed E-state index contributed by atoms with van der Waals surface area (Å²) in [5, 5.41) is 2.83. The van der Waals surface area contributed by atoms with E-state index in [0.29, 0.717) is 17.1 Å². The van der Waals surface area contributed by atoms with Crippen molar-refractivity contribution in [2.75, 3.05) is 17.2 Å². The second-order valence-electron chi connectivity index (χ2n) is 6.24. The van der Waals surface area contributed by atoms with Crippen molar-refractivity contribution in [3.05, 3.63) is 36.4 Å². The lowest BCUT2D eigenvalue weighted by Crippen LogP contribution is -2.45. The third kappa shape index (κ3) is 5.16. The van der Waals surface area contributed by atoms with Gasteiger partial charge in [0.25, 0.3) is 5.91 Å². The van der Waals surface area contributed by atoms with Crippen molar-refractivity contribution in [1.29, 1.82) is 0 Å². The molecule has 1 N–H and O–H groups in total. The highest BCUT2D eigenvalue weighted by atomic mass is 32.3. The number of carbonyl (C=O) groups excluding carboxylic acids is 1. The van der Waals surface area contributed by atoms with E-state index in [-0.39, 0.29) is 6.54 Å². The number of hydrogen-bond donors (Lipinski definition) is 1. The fourth-order valence-corrected chi connectivity index (χ4v) is 3.92. The Morgan fingerprint density at radius 2 is 2.11 bits per heavy atom. The fourth-order valence-electron chi connectivity index (χ4n) is 2.60. The van der Waals surface area contributed by atoms with Gasteiger partial charge in [-0.05, 0) is 32.9 Å². The van der Waals surface area contributed by atoms with E-state index in [9.17, 15) is 26.7 Å². The Morgan fingerprint density at radius 3 is 2.64 bits per heavy atom. The van der Waals surface area contributed by atoms with Crippen LogP contribution < -0.4 is 4.90 Å². The maximum absolute atomic E-state index is 12.8. The van der Waals surface area contributed by atoms with Gasteiger partial charge < -0.3 is 4.90 Å². The summed E-state index contributed by atoms with van der Waals surface area (Å²) >= 11 is 0. The number of amides is 1. The van der Waals surface area contributed by atoms with Crippen LogP contribution in [0, 0.1) is 6.92 Å². The first kappa shape index (κ1) is 22.0. The molecule has 2 heterocycles. The highest BCUT2D eigenvalue weighted by Gasteiger charge is 2.45. The summed E-state index contributed by atoms with van der Waals surface area (Å²) in [5.41, 5.74) is 1.56. The van der Waals surface area contributed by atoms with Crippen LogP contribution in [0.25, 0.3) is 5.69 Å². The molecule has 0 spiro atoms. The van der Waals surface area contributed by atoms with Crippen LogP contribution in [0.4, 0.5) is 18.9 Å². The number of hydrogen-bond acceptors (Lipinski definition) is 4. The number of pyridine rings is 1. The third-order valence-corrected chi connectivity index (χ3v) is 6.33. The summed E-state index contributed by atoms with van der Waals surface area (Å²) in [7, 11) is -4.01. The van der Waals surface area contributed by atoms with Gasteiger partial charge in [0.1, 0.15) is 0 Å². The largest absolute Gasteiger partial charge is 0.393 e. The lowest BCUT2D eigenvalue weighted by atomic mass is 10.3. The summed E-state index contributed by atoms with van der Waals surface area (Å²) in [6.07, 6.45) is -1.24. The Balaban J connectivity index is 2.26. The van der Waals surface area contributed by atoms with Crippen molar-refractivity contribution in [3.8, 4) is 5.69 Å². The van der Waals surface area contributed by atoms with E-state index in [0.717, 1.165) is 0 Å². The van der Waals surface area contributed by atoms with Crippen molar-refractivity contribution >= 4 is 21.8 Å². The number of anilines is 1. The average molecular weight is 419 g/mol. The maximum atomic E-state index is 12.8. The zero-order valence-electron chi connectivity index (χ0n) is 15.7. The van der Waals surface area contributed by atoms with Crippen LogP contribution in [0.5, 0.6) is 0 Å². The van der Waals surface area contributed by atoms with Crippen LogP contribution in [0.1, 0.15) is 26.0 Å². The van der Waals surface area contributed by atoms with Crippen LogP contribution in [0.2, 0.25) is 0 Å². The lowest BCUT2D eigenvalue weighted by molar-refractivity contribution is -0.130. The topological polar surface area (TPSA) is 88.3 Å². The van der Waals surface area contributed by atoms with Gasteiger partial charge in [-0.3, -0.25) is 9.78 Å². The van der Waals surface area contributed by atoms with E-state index in [1.807, 2.05) is 0 Å². The quantitative estimate of drug-likeness (QED) is 0.696. The van der Waals surface area contributed by atoms with Crippen molar-refractivity contribution in [1.82, 2.24) is 14.8 Å². The zero-order valence-corrected chi connectivity index (χ0v) is 16.5. The minimum atomic E-state index is -4.57. The van der Waals surface area contributed by atoms with Gasteiger partial charge >= 0.3 is 6.18 Å². The van der Waals surface area contributed by atoms with E-state index < -0.39 is 39.7 Å². The van der Waals surface area contributed by atoms with Gasteiger partial charge in [0, 0.05) is 12.7 Å². The molecule has 28 heavy (non-hydrogen) atoms. The number of halogens is 3. The molecule has 0 radical (unpaired) electrons. The van der Waals surface area contributed by atoms with Gasteiger partial charge in [-0.15, -0.1) is 0 Å². The molecule has 0 aromatic carbocycles. The van der Waals surface area contributed by atoms with Crippen molar-refractivity contribution in [2.24, 2.45) is 0 Å². The first-order valence-corrected chi connectivity index (χ1v) is 10.3. The normalized spacial score (nSPS) is 15.1. The second-order valence-corrected chi connectivity index (χ2v) is 8.73. The van der Waals surface area contributed by atoms with Crippen LogP contribution in [-0.2, 0) is 19.2 Å². The molecule has 7 nitrogen and oxygen atoms in total. The van der Waals surface area contributed by atoms with Crippen molar-refractivity contribution < 1.29 is 26.7 Å². The molecule has 11 heteroatoms. The van der Waals surface area contributed by atoms with Crippen molar-refractivity contribution in [3.63, 3.8) is 0 Å². The molecule has 2 atom stereocenters. The van der Waals surface area contributed by atoms with E-state index in [1.54, 1.807) is 44.6 Å². The molecule has 0 aliphatic heterocycles. The molecule has 0 saturated heterocycles. The average Bonchev–Trinajstić information content (AvgIpc) is 3.02. The monoisotopic (exact) mass is 419 g/mol. The highest BCUT2D eigenvalue weighted by molar-refractivity contribution is 7.99. The molecular formula is C17H22F3N4O3S+. The molecule has 1 amide bonds. The number of aromatic nitrogens is 3. The smallest absolute Gasteiger partial charge is 0.305 e. The molecule has 2 aromatic heterocycles. The van der Waals surface area contributed by atoms with E-state index >= 15 is 0 Å². The van der Waals surface area contributed by atoms with Gasteiger partial charge in [-0.1, -0.05) is 4.21 Å². The molecule has 0 aliphatic rings. The number of alkyl halides is 3. The molecule has 0 aliphatic carbocycles. The lowest BCUT2D eigenvalue weighted by Gasteiger charge is -2.23. The van der Waals surface area contributed by atoms with Gasteiger partial charge in [0.2, 0.25) is 15.5 Å². The number of carbonyl (C=O) groups is 1. The van der Waals surface area contributed by atoms with E-state index in [4.69, 9.17) is 0 Å². The fraction of sp³-hybridized carbons (Fsp3) is 0.471. The van der Waals surface area contributed by atoms with E-state index in [1.165, 1.54) is 16.5 Å². The number of aryl methyl sites for hydroxylation is 1. The van der Waals surface area contributed by atoms with Crippen LogP contribution in [-0.4, -0.2) is 48.9 Å². The maximum Gasteiger partial charge on any atom is 0.393 e. The second kappa shape index (κ2) is 8.39. The predicted molar refractivity (Wildman–Crippen MR) is 99.8 cm³/mol.